The highest BCUT2D eigenvalue weighted by atomic mass is 32.1. The van der Waals surface area contributed by atoms with Crippen LogP contribution in [0.4, 0.5) is 5.69 Å². The van der Waals surface area contributed by atoms with Crippen molar-refractivity contribution < 1.29 is 14.3 Å². The number of anilines is 1. The van der Waals surface area contributed by atoms with Crippen LogP contribution in [-0.4, -0.2) is 34.8 Å². The Hall–Kier alpha value is -4.17. The molecule has 0 bridgehead atoms. The molecule has 5 rings (SSSR count). The van der Waals surface area contributed by atoms with Crippen LogP contribution in [0.25, 0.3) is 21.0 Å². The van der Waals surface area contributed by atoms with E-state index in [0.29, 0.717) is 29.9 Å². The number of nitrogens with one attached hydrogen (secondary N) is 3. The first-order valence-electron chi connectivity index (χ1n) is 11.2. The van der Waals surface area contributed by atoms with Crippen LogP contribution in [0.5, 0.6) is 5.75 Å². The van der Waals surface area contributed by atoms with Crippen LogP contribution < -0.4 is 15.4 Å². The third-order valence-corrected chi connectivity index (χ3v) is 6.82. The van der Waals surface area contributed by atoms with Gasteiger partial charge in [-0.2, -0.15) is 4.37 Å². The number of H-pyrrole nitrogens is 1. The van der Waals surface area contributed by atoms with Crippen molar-refractivity contribution in [1.82, 2.24) is 14.7 Å². The van der Waals surface area contributed by atoms with Crippen LogP contribution in [0.1, 0.15) is 32.0 Å². The van der Waals surface area contributed by atoms with E-state index >= 15 is 0 Å². The molecule has 2 heterocycles. The molecule has 0 atom stereocenters. The smallest absolute Gasteiger partial charge is 0.276 e. The molecule has 2 aromatic heterocycles. The number of aryl methyl sites for hydroxylation is 1. The molecule has 0 aliphatic rings. The molecule has 2 amide bonds. The van der Waals surface area contributed by atoms with Gasteiger partial charge in [0, 0.05) is 40.3 Å². The Morgan fingerprint density at radius 2 is 1.89 bits per heavy atom. The molecule has 5 aromatic rings. The SMILES string of the molecule is COc1ccc2[nH]cc(CCNC(=O)c3ccc(C)c(NC(=O)c4nsc5ccccc45)c3)c2c1. The van der Waals surface area contributed by atoms with Crippen molar-refractivity contribution in [2.24, 2.45) is 0 Å². The van der Waals surface area contributed by atoms with Gasteiger partial charge in [-0.3, -0.25) is 9.59 Å². The molecule has 7 nitrogen and oxygen atoms in total. The van der Waals surface area contributed by atoms with Gasteiger partial charge in [-0.25, -0.2) is 0 Å². The monoisotopic (exact) mass is 484 g/mol. The summed E-state index contributed by atoms with van der Waals surface area (Å²) < 4.78 is 10.6. The Morgan fingerprint density at radius 3 is 2.74 bits per heavy atom. The summed E-state index contributed by atoms with van der Waals surface area (Å²) >= 11 is 1.29. The fourth-order valence-corrected chi connectivity index (χ4v) is 4.81. The highest BCUT2D eigenvalue weighted by molar-refractivity contribution is 7.13. The zero-order valence-corrected chi connectivity index (χ0v) is 20.2. The van der Waals surface area contributed by atoms with Gasteiger partial charge in [-0.05, 0) is 72.4 Å². The lowest BCUT2D eigenvalue weighted by molar-refractivity contribution is 0.0952. The lowest BCUT2D eigenvalue weighted by Crippen LogP contribution is -2.26. The first-order valence-corrected chi connectivity index (χ1v) is 12.0. The van der Waals surface area contributed by atoms with Crippen LogP contribution in [0, 0.1) is 6.92 Å². The van der Waals surface area contributed by atoms with Gasteiger partial charge >= 0.3 is 0 Å². The highest BCUT2D eigenvalue weighted by Crippen LogP contribution is 2.25. The summed E-state index contributed by atoms with van der Waals surface area (Å²) in [6, 6.07) is 18.8. The molecule has 3 aromatic carbocycles. The predicted molar refractivity (Wildman–Crippen MR) is 140 cm³/mol. The average Bonchev–Trinajstić information content (AvgIpc) is 3.49. The van der Waals surface area contributed by atoms with E-state index in [9.17, 15) is 9.59 Å². The van der Waals surface area contributed by atoms with Crippen LogP contribution in [0.15, 0.2) is 66.9 Å². The van der Waals surface area contributed by atoms with E-state index in [4.69, 9.17) is 4.74 Å². The lowest BCUT2D eigenvalue weighted by Gasteiger charge is -2.11. The van der Waals surface area contributed by atoms with Crippen molar-refractivity contribution in [1.29, 1.82) is 0 Å². The number of aromatic nitrogens is 2. The van der Waals surface area contributed by atoms with Gasteiger partial charge < -0.3 is 20.4 Å². The minimum Gasteiger partial charge on any atom is -0.497 e. The Kier molecular flexibility index (Phi) is 6.20. The third-order valence-electron chi connectivity index (χ3n) is 5.99. The van der Waals surface area contributed by atoms with E-state index in [-0.39, 0.29) is 11.8 Å². The van der Waals surface area contributed by atoms with Crippen LogP contribution in [-0.2, 0) is 6.42 Å². The number of amides is 2. The van der Waals surface area contributed by atoms with Crippen molar-refractivity contribution in [2.75, 3.05) is 19.0 Å². The third kappa shape index (κ3) is 4.61. The second-order valence-corrected chi connectivity index (χ2v) is 9.05. The molecular weight excluding hydrogens is 460 g/mol. The Labute approximate surface area is 206 Å². The topological polar surface area (TPSA) is 96.1 Å². The van der Waals surface area contributed by atoms with E-state index in [0.717, 1.165) is 37.9 Å². The maximum atomic E-state index is 12.9. The van der Waals surface area contributed by atoms with Gasteiger partial charge in [0.2, 0.25) is 0 Å². The van der Waals surface area contributed by atoms with Crippen LogP contribution >= 0.6 is 11.5 Å². The van der Waals surface area contributed by atoms with Crippen LogP contribution in [0.2, 0.25) is 0 Å². The molecule has 0 aliphatic carbocycles. The van der Waals surface area contributed by atoms with Crippen LogP contribution in [0.3, 0.4) is 0 Å². The molecule has 0 unspecified atom stereocenters. The Balaban J connectivity index is 1.26. The number of nitrogens with zero attached hydrogens (tertiary/aromatic N) is 1. The largest absolute Gasteiger partial charge is 0.497 e. The maximum Gasteiger partial charge on any atom is 0.276 e. The van der Waals surface area contributed by atoms with Gasteiger partial charge in [-0.15, -0.1) is 0 Å². The number of aromatic amines is 1. The summed E-state index contributed by atoms with van der Waals surface area (Å²) in [5, 5.41) is 7.79. The second kappa shape index (κ2) is 9.60. The molecule has 0 radical (unpaired) electrons. The van der Waals surface area contributed by atoms with Gasteiger partial charge in [-0.1, -0.05) is 24.3 Å². The van der Waals surface area contributed by atoms with Crippen molar-refractivity contribution in [2.45, 2.75) is 13.3 Å². The molecule has 0 saturated carbocycles. The Bertz CT molecular complexity index is 1550. The number of carbonyl (C=O) groups is 2. The number of ether oxygens (including phenoxy) is 1. The molecule has 0 aliphatic heterocycles. The standard InChI is InChI=1S/C27H24N4O3S/c1-16-7-8-17(13-23(16)30-27(33)25-20-5-3-4-6-24(20)35-31-25)26(32)28-12-11-18-15-29-22-10-9-19(34-2)14-21(18)22/h3-10,13-15,29H,11-12H2,1-2H3,(H,28,32)(H,30,33). The number of fused-ring (bicyclic) bond motifs is 2. The van der Waals surface area contributed by atoms with E-state index in [1.807, 2.05) is 61.7 Å². The van der Waals surface area contributed by atoms with Gasteiger partial charge in [0.25, 0.3) is 11.8 Å². The molecule has 8 heteroatoms. The molecule has 0 saturated heterocycles. The van der Waals surface area contributed by atoms with Gasteiger partial charge in [0.15, 0.2) is 0 Å². The quantitative estimate of drug-likeness (QED) is 0.291. The number of hydrogen-bond acceptors (Lipinski definition) is 5. The predicted octanol–water partition coefficient (Wildman–Crippen LogP) is 5.32. The summed E-state index contributed by atoms with van der Waals surface area (Å²) in [6.45, 7) is 2.37. The number of methoxy groups -OCH3 is 1. The van der Waals surface area contributed by atoms with Crippen molar-refractivity contribution in [3.63, 3.8) is 0 Å². The lowest BCUT2D eigenvalue weighted by atomic mass is 10.1. The highest BCUT2D eigenvalue weighted by Gasteiger charge is 2.16. The fraction of sp³-hybridized carbons (Fsp3) is 0.148. The number of benzene rings is 3. The van der Waals surface area contributed by atoms with Gasteiger partial charge in [0.05, 0.1) is 11.8 Å². The van der Waals surface area contributed by atoms with Gasteiger partial charge in [0.1, 0.15) is 11.4 Å². The average molecular weight is 485 g/mol. The normalized spacial score (nSPS) is 11.0. The van der Waals surface area contributed by atoms with Crippen molar-refractivity contribution >= 4 is 50.0 Å². The number of hydrogen-bond donors (Lipinski definition) is 3. The summed E-state index contributed by atoms with van der Waals surface area (Å²) in [6.07, 6.45) is 2.63. The molecule has 0 fully saturated rings. The number of rotatable bonds is 7. The summed E-state index contributed by atoms with van der Waals surface area (Å²) in [7, 11) is 1.64. The summed E-state index contributed by atoms with van der Waals surface area (Å²) in [5.74, 6) is 0.303. The van der Waals surface area contributed by atoms with E-state index in [1.165, 1.54) is 11.5 Å². The minimum absolute atomic E-state index is 0.197. The Morgan fingerprint density at radius 1 is 1.03 bits per heavy atom. The van der Waals surface area contributed by atoms with E-state index in [2.05, 4.69) is 20.0 Å². The van der Waals surface area contributed by atoms with E-state index in [1.54, 1.807) is 19.2 Å². The second-order valence-electron chi connectivity index (χ2n) is 8.24. The zero-order valence-electron chi connectivity index (χ0n) is 19.3. The van der Waals surface area contributed by atoms with Crippen molar-refractivity contribution in [3.05, 3.63) is 89.2 Å². The number of carbonyl (C=O) groups excluding carboxylic acids is 2. The molecule has 35 heavy (non-hydrogen) atoms. The maximum absolute atomic E-state index is 12.9. The molecule has 176 valence electrons. The van der Waals surface area contributed by atoms with E-state index < -0.39 is 0 Å². The molecule has 0 spiro atoms. The zero-order chi connectivity index (χ0) is 24.4. The first-order chi connectivity index (χ1) is 17.0. The summed E-state index contributed by atoms with van der Waals surface area (Å²) in [4.78, 5) is 29.0. The fourth-order valence-electron chi connectivity index (χ4n) is 4.03. The molecule has 3 N–H and O–H groups in total. The first kappa shape index (κ1) is 22.6. The minimum atomic E-state index is -0.294. The summed E-state index contributed by atoms with van der Waals surface area (Å²) in [5.41, 5.74) is 4.45. The van der Waals surface area contributed by atoms with Crippen molar-refractivity contribution in [3.8, 4) is 5.75 Å². The molecular formula is C27H24N4O3S.